The first-order valence-corrected chi connectivity index (χ1v) is 10.3. The van der Waals surface area contributed by atoms with Crippen LogP contribution >= 0.6 is 0 Å². The van der Waals surface area contributed by atoms with Crippen molar-refractivity contribution in [2.75, 3.05) is 25.5 Å². The summed E-state index contributed by atoms with van der Waals surface area (Å²) in [7, 11) is 1.51. The molecule has 0 spiro atoms. The summed E-state index contributed by atoms with van der Waals surface area (Å²) in [4.78, 5) is 38.6. The lowest BCUT2D eigenvalue weighted by molar-refractivity contribution is -0.137. The van der Waals surface area contributed by atoms with Crippen molar-refractivity contribution in [1.82, 2.24) is 10.2 Å². The third-order valence-electron chi connectivity index (χ3n) is 4.83. The van der Waals surface area contributed by atoms with Crippen molar-refractivity contribution in [3.63, 3.8) is 0 Å². The molecule has 3 amide bonds. The van der Waals surface area contributed by atoms with Crippen LogP contribution in [0, 0.1) is 0 Å². The third kappa shape index (κ3) is 7.36. The number of hydrogen-bond donors (Lipinski definition) is 2. The highest BCUT2D eigenvalue weighted by Crippen LogP contribution is 2.29. The van der Waals surface area contributed by atoms with Crippen molar-refractivity contribution < 1.29 is 36.7 Å². The number of ether oxygens (including phenoxy) is 1. The molecule has 3 aromatic rings. The highest BCUT2D eigenvalue weighted by atomic mass is 19.4. The van der Waals surface area contributed by atoms with Crippen molar-refractivity contribution in [1.29, 1.82) is 0 Å². The molecule has 3 rings (SSSR count). The number of rotatable bonds is 9. The van der Waals surface area contributed by atoms with Gasteiger partial charge in [0.2, 0.25) is 11.8 Å². The molecule has 1 aromatic heterocycles. The van der Waals surface area contributed by atoms with E-state index in [4.69, 9.17) is 9.15 Å². The fourth-order valence-electron chi connectivity index (χ4n) is 3.06. The average molecular weight is 489 g/mol. The molecule has 2 aromatic carbocycles. The van der Waals surface area contributed by atoms with Gasteiger partial charge in [-0.05, 0) is 60.7 Å². The predicted octanol–water partition coefficient (Wildman–Crippen LogP) is 3.70. The van der Waals surface area contributed by atoms with Crippen LogP contribution in [-0.2, 0) is 22.3 Å². The molecule has 0 fully saturated rings. The van der Waals surface area contributed by atoms with Crippen LogP contribution in [0.3, 0.4) is 0 Å². The van der Waals surface area contributed by atoms with E-state index < -0.39 is 36.0 Å². The van der Waals surface area contributed by atoms with Crippen LogP contribution in [0.5, 0.6) is 5.75 Å². The van der Waals surface area contributed by atoms with E-state index in [2.05, 4.69) is 10.6 Å². The summed E-state index contributed by atoms with van der Waals surface area (Å²) in [5.41, 5.74) is -0.427. The van der Waals surface area contributed by atoms with E-state index in [-0.39, 0.29) is 18.7 Å². The first kappa shape index (κ1) is 25.3. The maximum Gasteiger partial charge on any atom is 0.416 e. The monoisotopic (exact) mass is 489 g/mol. The second kappa shape index (κ2) is 11.2. The first-order chi connectivity index (χ1) is 16.7. The molecule has 1 heterocycles. The summed E-state index contributed by atoms with van der Waals surface area (Å²) in [5.74, 6) is -0.814. The molecule has 8 nitrogen and oxygen atoms in total. The molecule has 35 heavy (non-hydrogen) atoms. The number of carbonyl (C=O) groups excluding carboxylic acids is 3. The Hall–Kier alpha value is -4.28. The number of halogens is 3. The molecule has 0 atom stereocenters. The van der Waals surface area contributed by atoms with Gasteiger partial charge in [0.25, 0.3) is 5.91 Å². The number of alkyl halides is 3. The normalized spacial score (nSPS) is 11.0. The van der Waals surface area contributed by atoms with Crippen LogP contribution in [0.15, 0.2) is 71.3 Å². The quantitative estimate of drug-likeness (QED) is 0.477. The first-order valence-electron chi connectivity index (χ1n) is 10.3. The standard InChI is InChI=1S/C24H22F3N3O5/c1-34-19-10-8-18(9-11-19)29-21(31)13-28-22(32)15-30(14-20-3-2-12-35-20)23(33)16-4-6-17(7-5-16)24(25,26)27/h2-12H,13-15H2,1H3,(H,28,32)(H,29,31). The highest BCUT2D eigenvalue weighted by Gasteiger charge is 2.30. The van der Waals surface area contributed by atoms with E-state index in [1.54, 1.807) is 36.4 Å². The van der Waals surface area contributed by atoms with Gasteiger partial charge in [-0.2, -0.15) is 13.2 Å². The molecule has 0 aliphatic heterocycles. The Kier molecular flexibility index (Phi) is 8.13. The van der Waals surface area contributed by atoms with Crippen LogP contribution in [0.4, 0.5) is 18.9 Å². The number of carbonyl (C=O) groups is 3. The molecular weight excluding hydrogens is 467 g/mol. The van der Waals surface area contributed by atoms with Gasteiger partial charge in [0.05, 0.1) is 32.0 Å². The maximum absolute atomic E-state index is 12.9. The molecule has 184 valence electrons. The van der Waals surface area contributed by atoms with Crippen LogP contribution in [-0.4, -0.2) is 42.8 Å². The van der Waals surface area contributed by atoms with Crippen LogP contribution < -0.4 is 15.4 Å². The Bertz CT molecular complexity index is 1140. The number of nitrogens with one attached hydrogen (secondary N) is 2. The van der Waals surface area contributed by atoms with Crippen LogP contribution in [0.2, 0.25) is 0 Å². The molecule has 11 heteroatoms. The number of benzene rings is 2. The smallest absolute Gasteiger partial charge is 0.416 e. The number of nitrogens with zero attached hydrogens (tertiary/aromatic N) is 1. The topological polar surface area (TPSA) is 101 Å². The van der Waals surface area contributed by atoms with Crippen molar-refractivity contribution >= 4 is 23.4 Å². The summed E-state index contributed by atoms with van der Waals surface area (Å²) in [6.45, 7) is -0.900. The van der Waals surface area contributed by atoms with E-state index in [1.165, 1.54) is 13.4 Å². The van der Waals surface area contributed by atoms with E-state index in [1.807, 2.05) is 0 Å². The molecule has 0 saturated carbocycles. The number of methoxy groups -OCH3 is 1. The lowest BCUT2D eigenvalue weighted by Crippen LogP contribution is -2.42. The zero-order valence-electron chi connectivity index (χ0n) is 18.6. The largest absolute Gasteiger partial charge is 0.497 e. The minimum Gasteiger partial charge on any atom is -0.497 e. The molecule has 0 unspecified atom stereocenters. The van der Waals surface area contributed by atoms with E-state index in [0.29, 0.717) is 17.2 Å². The van der Waals surface area contributed by atoms with Gasteiger partial charge in [-0.1, -0.05) is 0 Å². The van der Waals surface area contributed by atoms with Gasteiger partial charge in [-0.3, -0.25) is 14.4 Å². The van der Waals surface area contributed by atoms with Crippen molar-refractivity contribution in [2.45, 2.75) is 12.7 Å². The van der Waals surface area contributed by atoms with E-state index >= 15 is 0 Å². The fourth-order valence-corrected chi connectivity index (χ4v) is 3.06. The summed E-state index contributed by atoms with van der Waals surface area (Å²) < 4.78 is 48.7. The van der Waals surface area contributed by atoms with Gasteiger partial charge in [0.15, 0.2) is 0 Å². The minimum absolute atomic E-state index is 0.0328. The lowest BCUT2D eigenvalue weighted by atomic mass is 10.1. The minimum atomic E-state index is -4.54. The summed E-state index contributed by atoms with van der Waals surface area (Å²) >= 11 is 0. The summed E-state index contributed by atoms with van der Waals surface area (Å²) in [6, 6.07) is 13.4. The molecule has 0 aliphatic carbocycles. The van der Waals surface area contributed by atoms with Crippen LogP contribution in [0.1, 0.15) is 21.7 Å². The second-order valence-corrected chi connectivity index (χ2v) is 7.37. The second-order valence-electron chi connectivity index (χ2n) is 7.37. The van der Waals surface area contributed by atoms with E-state index in [0.717, 1.165) is 29.2 Å². The molecule has 0 radical (unpaired) electrons. The van der Waals surface area contributed by atoms with Crippen molar-refractivity contribution in [3.8, 4) is 5.75 Å². The summed E-state index contributed by atoms with van der Waals surface area (Å²) in [6.07, 6.45) is -3.15. The Balaban J connectivity index is 1.62. The molecule has 0 bridgehead atoms. The average Bonchev–Trinajstić information content (AvgIpc) is 3.35. The molecule has 2 N–H and O–H groups in total. The maximum atomic E-state index is 12.9. The number of hydrogen-bond acceptors (Lipinski definition) is 5. The van der Waals surface area contributed by atoms with Gasteiger partial charge in [-0.25, -0.2) is 0 Å². The van der Waals surface area contributed by atoms with E-state index in [9.17, 15) is 27.6 Å². The summed E-state index contributed by atoms with van der Waals surface area (Å²) in [5, 5.41) is 5.03. The van der Waals surface area contributed by atoms with Gasteiger partial charge in [-0.15, -0.1) is 0 Å². The number of amides is 3. The SMILES string of the molecule is COc1ccc(NC(=O)CNC(=O)CN(Cc2ccco2)C(=O)c2ccc(C(F)(F)F)cc2)cc1. The van der Waals surface area contributed by atoms with Gasteiger partial charge in [0, 0.05) is 11.3 Å². The Morgan fingerprint density at radius 1 is 0.971 bits per heavy atom. The van der Waals surface area contributed by atoms with Gasteiger partial charge < -0.3 is 24.7 Å². The van der Waals surface area contributed by atoms with Gasteiger partial charge in [0.1, 0.15) is 18.1 Å². The Labute approximate surface area is 198 Å². The van der Waals surface area contributed by atoms with Gasteiger partial charge >= 0.3 is 6.18 Å². The highest BCUT2D eigenvalue weighted by molar-refractivity contribution is 5.98. The Morgan fingerprint density at radius 2 is 1.66 bits per heavy atom. The van der Waals surface area contributed by atoms with Crippen molar-refractivity contribution in [2.24, 2.45) is 0 Å². The molecule has 0 saturated heterocycles. The zero-order valence-corrected chi connectivity index (χ0v) is 18.6. The fraction of sp³-hybridized carbons (Fsp3) is 0.208. The molecular formula is C24H22F3N3O5. The lowest BCUT2D eigenvalue weighted by Gasteiger charge is -2.21. The Morgan fingerprint density at radius 3 is 2.23 bits per heavy atom. The molecule has 0 aliphatic rings. The van der Waals surface area contributed by atoms with Crippen LogP contribution in [0.25, 0.3) is 0 Å². The van der Waals surface area contributed by atoms with Crippen molar-refractivity contribution in [3.05, 3.63) is 83.8 Å². The number of furan rings is 1. The zero-order chi connectivity index (χ0) is 25.4. The predicted molar refractivity (Wildman–Crippen MR) is 120 cm³/mol. The number of anilines is 1. The third-order valence-corrected chi connectivity index (χ3v) is 4.83.